The van der Waals surface area contributed by atoms with Gasteiger partial charge in [-0.25, -0.2) is 0 Å². The zero-order chi connectivity index (χ0) is 25.1. The largest absolute Gasteiger partial charge is 0.356 e. The van der Waals surface area contributed by atoms with E-state index >= 15 is 0 Å². The topological polar surface area (TPSA) is 111 Å². The first-order chi connectivity index (χ1) is 16.6. The molecular weight excluding hydrogens is 444 g/mol. The Kier molecular flexibility index (Phi) is 5.73. The number of nitrogens with zero attached hydrogens (tertiary/aromatic N) is 1. The number of aromatic nitrogens is 1. The van der Waals surface area contributed by atoms with Gasteiger partial charge in [-0.3, -0.25) is 14.4 Å². The van der Waals surface area contributed by atoms with Gasteiger partial charge in [0.05, 0.1) is 6.04 Å². The van der Waals surface area contributed by atoms with Gasteiger partial charge in [0.15, 0.2) is 0 Å². The van der Waals surface area contributed by atoms with E-state index in [9.17, 15) is 19.2 Å². The Balaban J connectivity index is 1.38. The normalized spacial score (nSPS) is 27.6. The number of benzene rings is 1. The molecule has 1 aliphatic carbocycles. The molecule has 0 bridgehead atoms. The van der Waals surface area contributed by atoms with Crippen LogP contribution in [0.15, 0.2) is 24.3 Å². The Hall–Kier alpha value is -3.16. The van der Waals surface area contributed by atoms with Gasteiger partial charge in [-0.2, -0.15) is 0 Å². The highest BCUT2D eigenvalue weighted by Crippen LogP contribution is 2.65. The number of likely N-dealkylation sites (tertiary alicyclic amines) is 1. The van der Waals surface area contributed by atoms with E-state index in [1.165, 1.54) is 5.56 Å². The molecule has 2 aromatic rings. The van der Waals surface area contributed by atoms with Crippen LogP contribution in [0.25, 0.3) is 10.9 Å². The number of carbonyl (C=O) groups is 4. The van der Waals surface area contributed by atoms with Gasteiger partial charge in [0.25, 0.3) is 5.91 Å². The van der Waals surface area contributed by atoms with Crippen molar-refractivity contribution >= 4 is 34.9 Å². The molecule has 1 saturated carbocycles. The second kappa shape index (κ2) is 8.50. The number of hydrogen-bond donors (Lipinski definition) is 3. The van der Waals surface area contributed by atoms with Gasteiger partial charge in [0, 0.05) is 29.9 Å². The molecule has 3 N–H and O–H groups in total. The van der Waals surface area contributed by atoms with Gasteiger partial charge in [0.1, 0.15) is 18.0 Å². The molecule has 0 spiro atoms. The Labute approximate surface area is 205 Å². The third kappa shape index (κ3) is 3.93. The summed E-state index contributed by atoms with van der Waals surface area (Å²) in [5, 5.41) is 6.64. The van der Waals surface area contributed by atoms with Gasteiger partial charge >= 0.3 is 0 Å². The first-order valence-corrected chi connectivity index (χ1v) is 12.6. The molecule has 5 rings (SSSR count). The molecule has 1 aromatic carbocycles. The van der Waals surface area contributed by atoms with E-state index in [1.54, 1.807) is 4.90 Å². The Morgan fingerprint density at radius 2 is 2.06 bits per heavy atom. The van der Waals surface area contributed by atoms with Crippen LogP contribution in [0.4, 0.5) is 0 Å². The lowest BCUT2D eigenvalue weighted by Gasteiger charge is -2.30. The predicted octanol–water partition coefficient (Wildman–Crippen LogP) is 2.60. The van der Waals surface area contributed by atoms with Crippen molar-refractivity contribution in [1.29, 1.82) is 0 Å². The third-order valence-corrected chi connectivity index (χ3v) is 8.48. The lowest BCUT2D eigenvalue weighted by atomic mass is 9.97. The number of carbonyl (C=O) groups excluding carboxylic acids is 4. The first kappa shape index (κ1) is 23.6. The molecule has 186 valence electrons. The summed E-state index contributed by atoms with van der Waals surface area (Å²) >= 11 is 0. The van der Waals surface area contributed by atoms with Crippen molar-refractivity contribution in [3.63, 3.8) is 0 Å². The standard InChI is InChI=1S/C27H34N4O4/c1-14(2)17-6-5-7-20-18(17)11-21(30-20)26(35)31-12-19-22(27(19,3)4)23(31)25(34)29-16(13-32)10-15-8-9-28-24(15)33/h5-7,11,13-16,19,22-23,30H,8-10,12H2,1-4H3,(H,28,33)(H,29,34)/t15-,16-,19-,22-,23-/m0/s1. The molecule has 3 heterocycles. The second-order valence-electron chi connectivity index (χ2n) is 11.3. The molecule has 1 aromatic heterocycles. The Morgan fingerprint density at radius 1 is 1.29 bits per heavy atom. The highest BCUT2D eigenvalue weighted by atomic mass is 16.2. The van der Waals surface area contributed by atoms with E-state index in [-0.39, 0.29) is 47.3 Å². The minimum atomic E-state index is -0.754. The number of hydrogen-bond acceptors (Lipinski definition) is 4. The van der Waals surface area contributed by atoms with E-state index in [0.29, 0.717) is 37.4 Å². The average molecular weight is 479 g/mol. The molecule has 0 unspecified atom stereocenters. The molecule has 8 nitrogen and oxygen atoms in total. The Morgan fingerprint density at radius 3 is 2.71 bits per heavy atom. The number of aldehydes is 1. The van der Waals surface area contributed by atoms with E-state index in [1.807, 2.05) is 18.2 Å². The van der Waals surface area contributed by atoms with Gasteiger partial charge in [0.2, 0.25) is 11.8 Å². The molecule has 8 heteroatoms. The lowest BCUT2D eigenvalue weighted by molar-refractivity contribution is -0.129. The van der Waals surface area contributed by atoms with Crippen molar-refractivity contribution in [2.24, 2.45) is 23.2 Å². The number of fused-ring (bicyclic) bond motifs is 2. The van der Waals surface area contributed by atoms with Gasteiger partial charge in [-0.1, -0.05) is 39.8 Å². The highest BCUT2D eigenvalue weighted by molar-refractivity contribution is 6.02. The molecule has 3 aliphatic rings. The first-order valence-electron chi connectivity index (χ1n) is 12.6. The van der Waals surface area contributed by atoms with Gasteiger partial charge in [-0.05, 0) is 53.7 Å². The van der Waals surface area contributed by atoms with Gasteiger partial charge in [-0.15, -0.1) is 0 Å². The molecule has 2 aliphatic heterocycles. The van der Waals surface area contributed by atoms with Crippen molar-refractivity contribution < 1.29 is 19.2 Å². The fraction of sp³-hybridized carbons (Fsp3) is 0.556. The van der Waals surface area contributed by atoms with Crippen molar-refractivity contribution in [1.82, 2.24) is 20.5 Å². The summed E-state index contributed by atoms with van der Waals surface area (Å²) < 4.78 is 0. The van der Waals surface area contributed by atoms with Crippen LogP contribution in [-0.4, -0.2) is 59.1 Å². The molecule has 35 heavy (non-hydrogen) atoms. The summed E-state index contributed by atoms with van der Waals surface area (Å²) in [5.74, 6) is -0.261. The maximum atomic E-state index is 13.7. The van der Waals surface area contributed by atoms with Gasteiger partial charge < -0.3 is 25.3 Å². The zero-order valence-electron chi connectivity index (χ0n) is 20.8. The van der Waals surface area contributed by atoms with Crippen LogP contribution in [0.5, 0.6) is 0 Å². The van der Waals surface area contributed by atoms with Crippen LogP contribution in [0.3, 0.4) is 0 Å². The van der Waals surface area contributed by atoms with E-state index in [0.717, 1.165) is 10.9 Å². The summed E-state index contributed by atoms with van der Waals surface area (Å²) in [6.45, 7) is 9.61. The van der Waals surface area contributed by atoms with Crippen molar-refractivity contribution in [3.8, 4) is 0 Å². The number of amides is 3. The molecule has 2 saturated heterocycles. The van der Waals surface area contributed by atoms with E-state index in [4.69, 9.17) is 0 Å². The zero-order valence-corrected chi connectivity index (χ0v) is 20.8. The molecule has 3 amide bonds. The number of piperidine rings is 1. The number of nitrogens with one attached hydrogen (secondary N) is 3. The summed E-state index contributed by atoms with van der Waals surface area (Å²) in [7, 11) is 0. The smallest absolute Gasteiger partial charge is 0.271 e. The SMILES string of the molecule is CC(C)c1cccc2[nH]c(C(=O)N3C[C@H]4[C@@H]([C@H]3C(=O)N[C@H](C=O)C[C@@H]3CCNC3=O)C4(C)C)cc12. The third-order valence-electron chi connectivity index (χ3n) is 8.48. The van der Waals surface area contributed by atoms with Crippen molar-refractivity contribution in [2.75, 3.05) is 13.1 Å². The van der Waals surface area contributed by atoms with Crippen LogP contribution < -0.4 is 10.6 Å². The second-order valence-corrected chi connectivity index (χ2v) is 11.3. The number of H-pyrrole nitrogens is 1. The fourth-order valence-electron chi connectivity index (χ4n) is 6.34. The van der Waals surface area contributed by atoms with Crippen LogP contribution in [-0.2, 0) is 14.4 Å². The molecule has 3 fully saturated rings. The maximum absolute atomic E-state index is 13.7. The van der Waals surface area contributed by atoms with Crippen LogP contribution in [0.2, 0.25) is 0 Å². The lowest BCUT2D eigenvalue weighted by Crippen LogP contribution is -2.52. The average Bonchev–Trinajstić information content (AvgIpc) is 3.33. The summed E-state index contributed by atoms with van der Waals surface area (Å²) in [4.78, 5) is 55.8. The summed E-state index contributed by atoms with van der Waals surface area (Å²) in [6, 6.07) is 6.51. The maximum Gasteiger partial charge on any atom is 0.271 e. The van der Waals surface area contributed by atoms with Crippen LogP contribution in [0, 0.1) is 23.2 Å². The van der Waals surface area contributed by atoms with E-state index < -0.39 is 12.1 Å². The molecule has 0 radical (unpaired) electrons. The van der Waals surface area contributed by atoms with Crippen LogP contribution in [0.1, 0.15) is 62.5 Å². The van der Waals surface area contributed by atoms with Crippen LogP contribution >= 0.6 is 0 Å². The van der Waals surface area contributed by atoms with E-state index in [2.05, 4.69) is 49.4 Å². The van der Waals surface area contributed by atoms with Crippen molar-refractivity contribution in [2.45, 2.75) is 58.5 Å². The molecular formula is C27H34N4O4. The Bertz CT molecular complexity index is 1200. The minimum absolute atomic E-state index is 0.0357. The molecule has 5 atom stereocenters. The highest BCUT2D eigenvalue weighted by Gasteiger charge is 2.69. The van der Waals surface area contributed by atoms with Crippen molar-refractivity contribution in [3.05, 3.63) is 35.5 Å². The number of rotatable bonds is 7. The predicted molar refractivity (Wildman–Crippen MR) is 132 cm³/mol. The summed E-state index contributed by atoms with van der Waals surface area (Å²) in [6.07, 6.45) is 1.63. The quantitative estimate of drug-likeness (QED) is 0.531. The summed E-state index contributed by atoms with van der Waals surface area (Å²) in [5.41, 5.74) is 2.51. The monoisotopic (exact) mass is 478 g/mol. The fourth-order valence-corrected chi connectivity index (χ4v) is 6.34. The number of aromatic amines is 1. The minimum Gasteiger partial charge on any atom is -0.356 e.